The van der Waals surface area contributed by atoms with Crippen molar-refractivity contribution in [3.05, 3.63) is 17.8 Å². The number of carbonyl (C=O) groups is 1. The maximum absolute atomic E-state index is 11.6. The van der Waals surface area contributed by atoms with Crippen LogP contribution in [0.2, 0.25) is 0 Å². The minimum atomic E-state index is -0.414. The molecule has 2 rings (SSSR count). The SMILES string of the molecule is CCCN(c1cc(C(=O)OC)c(N)cn1)C1CC1. The molecule has 0 radical (unpaired) electrons. The van der Waals surface area contributed by atoms with Crippen molar-refractivity contribution in [2.75, 3.05) is 24.3 Å². The number of esters is 1. The predicted molar refractivity (Wildman–Crippen MR) is 70.6 cm³/mol. The quantitative estimate of drug-likeness (QED) is 0.806. The highest BCUT2D eigenvalue weighted by molar-refractivity contribution is 5.95. The highest BCUT2D eigenvalue weighted by Gasteiger charge is 2.30. The molecule has 5 heteroatoms. The number of pyridine rings is 1. The Morgan fingerprint density at radius 1 is 1.61 bits per heavy atom. The summed E-state index contributed by atoms with van der Waals surface area (Å²) in [4.78, 5) is 18.2. The molecule has 1 fully saturated rings. The number of rotatable bonds is 5. The van der Waals surface area contributed by atoms with Gasteiger partial charge in [0, 0.05) is 12.6 Å². The van der Waals surface area contributed by atoms with Crippen molar-refractivity contribution < 1.29 is 9.53 Å². The zero-order valence-corrected chi connectivity index (χ0v) is 10.8. The zero-order chi connectivity index (χ0) is 13.1. The first-order valence-corrected chi connectivity index (χ1v) is 6.27. The summed E-state index contributed by atoms with van der Waals surface area (Å²) < 4.78 is 4.72. The molecule has 1 heterocycles. The van der Waals surface area contributed by atoms with Crippen LogP contribution in [0.25, 0.3) is 0 Å². The standard InChI is InChI=1S/C13H19N3O2/c1-3-6-16(9-4-5-9)12-7-10(13(17)18-2)11(14)8-15-12/h7-9H,3-6,14H2,1-2H3. The summed E-state index contributed by atoms with van der Waals surface area (Å²) in [5.41, 5.74) is 6.50. The van der Waals surface area contributed by atoms with Crippen LogP contribution in [0.3, 0.4) is 0 Å². The molecule has 1 aromatic rings. The molecule has 0 atom stereocenters. The number of methoxy groups -OCH3 is 1. The van der Waals surface area contributed by atoms with Crippen molar-refractivity contribution in [2.45, 2.75) is 32.2 Å². The molecule has 0 amide bonds. The molecule has 1 aromatic heterocycles. The van der Waals surface area contributed by atoms with Crippen molar-refractivity contribution in [2.24, 2.45) is 0 Å². The van der Waals surface area contributed by atoms with Crippen LogP contribution in [0.1, 0.15) is 36.5 Å². The van der Waals surface area contributed by atoms with Crippen LogP contribution in [0.15, 0.2) is 12.3 Å². The fourth-order valence-electron chi connectivity index (χ4n) is 2.01. The third kappa shape index (κ3) is 2.55. The van der Waals surface area contributed by atoms with Gasteiger partial charge in [0.1, 0.15) is 5.82 Å². The van der Waals surface area contributed by atoms with Crippen molar-refractivity contribution in [1.82, 2.24) is 4.98 Å². The van der Waals surface area contributed by atoms with Gasteiger partial charge < -0.3 is 15.4 Å². The van der Waals surface area contributed by atoms with Gasteiger partial charge >= 0.3 is 5.97 Å². The Morgan fingerprint density at radius 3 is 2.89 bits per heavy atom. The van der Waals surface area contributed by atoms with E-state index in [9.17, 15) is 4.79 Å². The number of nitrogen functional groups attached to an aromatic ring is 1. The van der Waals surface area contributed by atoms with E-state index in [0.29, 0.717) is 17.3 Å². The second kappa shape index (κ2) is 5.25. The molecule has 98 valence electrons. The Balaban J connectivity index is 2.29. The zero-order valence-electron chi connectivity index (χ0n) is 10.8. The van der Waals surface area contributed by atoms with E-state index in [2.05, 4.69) is 16.8 Å². The average Bonchev–Trinajstić information content (AvgIpc) is 3.20. The number of nitrogens with two attached hydrogens (primary N) is 1. The van der Waals surface area contributed by atoms with Gasteiger partial charge in [-0.3, -0.25) is 0 Å². The molecular weight excluding hydrogens is 230 g/mol. The molecule has 2 N–H and O–H groups in total. The van der Waals surface area contributed by atoms with Gasteiger partial charge in [0.15, 0.2) is 0 Å². The van der Waals surface area contributed by atoms with Gasteiger partial charge in [0.05, 0.1) is 24.6 Å². The Kier molecular flexibility index (Phi) is 3.69. The topological polar surface area (TPSA) is 68.5 Å². The summed E-state index contributed by atoms with van der Waals surface area (Å²) in [6, 6.07) is 2.29. The molecule has 18 heavy (non-hydrogen) atoms. The molecule has 1 aliphatic carbocycles. The summed E-state index contributed by atoms with van der Waals surface area (Å²) >= 11 is 0. The summed E-state index contributed by atoms with van der Waals surface area (Å²) in [6.45, 7) is 3.08. The molecule has 1 aliphatic rings. The Hall–Kier alpha value is -1.78. The Labute approximate surface area is 107 Å². The second-order valence-electron chi connectivity index (χ2n) is 4.55. The highest BCUT2D eigenvalue weighted by atomic mass is 16.5. The maximum Gasteiger partial charge on any atom is 0.340 e. The number of anilines is 2. The lowest BCUT2D eigenvalue weighted by molar-refractivity contribution is 0.0602. The van der Waals surface area contributed by atoms with E-state index in [1.54, 1.807) is 6.07 Å². The molecule has 0 bridgehead atoms. The fraction of sp³-hybridized carbons (Fsp3) is 0.538. The molecule has 0 aromatic carbocycles. The number of carbonyl (C=O) groups excluding carboxylic acids is 1. The normalized spacial score (nSPS) is 14.3. The molecule has 0 unspecified atom stereocenters. The maximum atomic E-state index is 11.6. The molecule has 0 saturated heterocycles. The van der Waals surface area contributed by atoms with Crippen molar-refractivity contribution in [3.8, 4) is 0 Å². The van der Waals surface area contributed by atoms with Crippen LogP contribution >= 0.6 is 0 Å². The van der Waals surface area contributed by atoms with Crippen LogP contribution in [0, 0.1) is 0 Å². The number of hydrogen-bond donors (Lipinski definition) is 1. The predicted octanol–water partition coefficient (Wildman–Crippen LogP) is 1.83. The summed E-state index contributed by atoms with van der Waals surface area (Å²) in [6.07, 6.45) is 4.97. The van der Waals surface area contributed by atoms with Crippen molar-refractivity contribution in [1.29, 1.82) is 0 Å². The largest absolute Gasteiger partial charge is 0.465 e. The van der Waals surface area contributed by atoms with Crippen LogP contribution in [-0.2, 0) is 4.74 Å². The number of aromatic nitrogens is 1. The third-order valence-corrected chi connectivity index (χ3v) is 3.07. The van der Waals surface area contributed by atoms with E-state index in [1.165, 1.54) is 26.1 Å². The Morgan fingerprint density at radius 2 is 2.33 bits per heavy atom. The average molecular weight is 249 g/mol. The van der Waals surface area contributed by atoms with Gasteiger partial charge in [-0.25, -0.2) is 9.78 Å². The van der Waals surface area contributed by atoms with E-state index in [4.69, 9.17) is 10.5 Å². The smallest absolute Gasteiger partial charge is 0.340 e. The van der Waals surface area contributed by atoms with Crippen LogP contribution in [0.5, 0.6) is 0 Å². The van der Waals surface area contributed by atoms with Gasteiger partial charge in [-0.2, -0.15) is 0 Å². The van der Waals surface area contributed by atoms with Gasteiger partial charge in [-0.1, -0.05) is 6.92 Å². The summed E-state index contributed by atoms with van der Waals surface area (Å²) in [5, 5.41) is 0. The van der Waals surface area contributed by atoms with E-state index in [-0.39, 0.29) is 0 Å². The van der Waals surface area contributed by atoms with Gasteiger partial charge in [-0.05, 0) is 25.3 Å². The Bertz CT molecular complexity index is 444. The molecule has 0 aliphatic heterocycles. The minimum absolute atomic E-state index is 0.359. The first-order valence-electron chi connectivity index (χ1n) is 6.27. The lowest BCUT2D eigenvalue weighted by atomic mass is 10.2. The summed E-state index contributed by atoms with van der Waals surface area (Å²) in [7, 11) is 1.35. The molecule has 5 nitrogen and oxygen atoms in total. The summed E-state index contributed by atoms with van der Waals surface area (Å²) in [5.74, 6) is 0.400. The van der Waals surface area contributed by atoms with Crippen LogP contribution < -0.4 is 10.6 Å². The molecule has 0 spiro atoms. The number of nitrogens with zero attached hydrogens (tertiary/aromatic N) is 2. The van der Waals surface area contributed by atoms with Gasteiger partial charge in [-0.15, -0.1) is 0 Å². The van der Waals surface area contributed by atoms with Crippen LogP contribution in [0.4, 0.5) is 11.5 Å². The third-order valence-electron chi connectivity index (χ3n) is 3.07. The van der Waals surface area contributed by atoms with E-state index < -0.39 is 5.97 Å². The van der Waals surface area contributed by atoms with Crippen LogP contribution in [-0.4, -0.2) is 30.6 Å². The number of hydrogen-bond acceptors (Lipinski definition) is 5. The lowest BCUT2D eigenvalue weighted by Crippen LogP contribution is -2.27. The first kappa shape index (κ1) is 12.7. The molecule has 1 saturated carbocycles. The highest BCUT2D eigenvalue weighted by Crippen LogP contribution is 2.31. The van der Waals surface area contributed by atoms with Gasteiger partial charge in [0.2, 0.25) is 0 Å². The minimum Gasteiger partial charge on any atom is -0.465 e. The van der Waals surface area contributed by atoms with Crippen molar-refractivity contribution in [3.63, 3.8) is 0 Å². The van der Waals surface area contributed by atoms with Gasteiger partial charge in [0.25, 0.3) is 0 Å². The molecular formula is C13H19N3O2. The van der Waals surface area contributed by atoms with E-state index >= 15 is 0 Å². The van der Waals surface area contributed by atoms with E-state index in [1.807, 2.05) is 0 Å². The fourth-order valence-corrected chi connectivity index (χ4v) is 2.01. The first-order chi connectivity index (χ1) is 8.67. The monoisotopic (exact) mass is 249 g/mol. The lowest BCUT2D eigenvalue weighted by Gasteiger charge is -2.23. The number of ether oxygens (including phenoxy) is 1. The van der Waals surface area contributed by atoms with Crippen molar-refractivity contribution >= 4 is 17.5 Å². The van der Waals surface area contributed by atoms with E-state index in [0.717, 1.165) is 18.8 Å². The second-order valence-corrected chi connectivity index (χ2v) is 4.55.